The Balaban J connectivity index is 1.54. The fraction of sp³-hybridized carbons (Fsp3) is 0.500. The minimum Gasteiger partial charge on any atom is -0.481 e. The molecule has 0 radical (unpaired) electrons. The van der Waals surface area contributed by atoms with Gasteiger partial charge < -0.3 is 5.11 Å². The Kier molecular flexibility index (Phi) is 3.31. The van der Waals surface area contributed by atoms with Gasteiger partial charge >= 0.3 is 5.97 Å². The molecule has 2 N–H and O–H groups in total. The topological polar surface area (TPSA) is 69.2 Å². The first kappa shape index (κ1) is 14.0. The van der Waals surface area contributed by atoms with E-state index in [0.717, 1.165) is 43.6 Å². The Labute approximate surface area is 133 Å². The molecule has 2 aromatic rings. The van der Waals surface area contributed by atoms with Gasteiger partial charge in [0.2, 0.25) is 0 Å². The molecule has 0 spiro atoms. The molecule has 6 heteroatoms. The molecular formula is C16H19N3O2S. The standard InChI is InChI=1S/C16H19N3O2S/c20-15(21)16-5-1-3-12(16)9-19(10-16)8-11-7-17-18-14(11)13-4-2-6-22-13/h2,4,6-7,12H,1,3,5,8-10H2,(H,17,18)(H,20,21)/t12-,16+/m0/s1. The number of fused-ring (bicyclic) bond motifs is 1. The summed E-state index contributed by atoms with van der Waals surface area (Å²) >= 11 is 1.69. The van der Waals surface area contributed by atoms with Crippen molar-refractivity contribution in [3.8, 4) is 10.6 Å². The van der Waals surface area contributed by atoms with E-state index in [9.17, 15) is 9.90 Å². The second-order valence-corrected chi connectivity index (χ2v) is 7.42. The average molecular weight is 317 g/mol. The number of carbonyl (C=O) groups is 1. The van der Waals surface area contributed by atoms with Crippen LogP contribution in [0, 0.1) is 11.3 Å². The number of aliphatic carboxylic acids is 1. The zero-order chi connectivity index (χ0) is 15.2. The van der Waals surface area contributed by atoms with Gasteiger partial charge in [-0.2, -0.15) is 5.10 Å². The third-order valence-electron chi connectivity index (χ3n) is 5.25. The number of nitrogens with one attached hydrogen (secondary N) is 1. The lowest BCUT2D eigenvalue weighted by Crippen LogP contribution is -2.35. The maximum atomic E-state index is 11.8. The number of aromatic nitrogens is 2. The SMILES string of the molecule is O=C(O)[C@@]12CCC[C@H]1CN(Cc1cn[nH]c1-c1cccs1)C2. The number of likely N-dealkylation sites (tertiary alicyclic amines) is 1. The number of hydrogen-bond acceptors (Lipinski definition) is 4. The summed E-state index contributed by atoms with van der Waals surface area (Å²) in [7, 11) is 0. The van der Waals surface area contributed by atoms with Crippen LogP contribution in [0.4, 0.5) is 0 Å². The molecule has 2 atom stereocenters. The number of carboxylic acid groups (broad SMARTS) is 1. The van der Waals surface area contributed by atoms with E-state index in [1.165, 1.54) is 4.88 Å². The van der Waals surface area contributed by atoms with E-state index in [-0.39, 0.29) is 0 Å². The van der Waals surface area contributed by atoms with Crippen LogP contribution in [0.2, 0.25) is 0 Å². The van der Waals surface area contributed by atoms with E-state index < -0.39 is 11.4 Å². The fourth-order valence-corrected chi connectivity index (χ4v) is 4.92. The number of aromatic amines is 1. The fourth-order valence-electron chi connectivity index (χ4n) is 4.17. The first-order chi connectivity index (χ1) is 10.7. The highest BCUT2D eigenvalue weighted by atomic mass is 32.1. The van der Waals surface area contributed by atoms with Gasteiger partial charge in [-0.15, -0.1) is 11.3 Å². The largest absolute Gasteiger partial charge is 0.481 e. The van der Waals surface area contributed by atoms with Crippen LogP contribution in [0.15, 0.2) is 23.7 Å². The highest BCUT2D eigenvalue weighted by molar-refractivity contribution is 7.13. The van der Waals surface area contributed by atoms with Crippen LogP contribution >= 0.6 is 11.3 Å². The Morgan fingerprint density at radius 1 is 1.59 bits per heavy atom. The van der Waals surface area contributed by atoms with Crippen molar-refractivity contribution in [3.05, 3.63) is 29.3 Å². The Bertz CT molecular complexity index is 681. The normalized spacial score (nSPS) is 28.1. The minimum atomic E-state index is -0.608. The molecule has 5 nitrogen and oxygen atoms in total. The molecule has 2 aromatic heterocycles. The van der Waals surface area contributed by atoms with Crippen LogP contribution in [0.5, 0.6) is 0 Å². The first-order valence-electron chi connectivity index (χ1n) is 7.71. The van der Waals surface area contributed by atoms with E-state index in [4.69, 9.17) is 0 Å². The summed E-state index contributed by atoms with van der Waals surface area (Å²) < 4.78 is 0. The molecule has 3 heterocycles. The molecule has 1 saturated carbocycles. The summed E-state index contributed by atoms with van der Waals surface area (Å²) in [5, 5.41) is 19.0. The summed E-state index contributed by atoms with van der Waals surface area (Å²) in [4.78, 5) is 15.2. The van der Waals surface area contributed by atoms with E-state index in [2.05, 4.69) is 26.5 Å². The molecule has 1 saturated heterocycles. The van der Waals surface area contributed by atoms with Gasteiger partial charge in [-0.3, -0.25) is 14.8 Å². The van der Waals surface area contributed by atoms with Crippen molar-refractivity contribution >= 4 is 17.3 Å². The Morgan fingerprint density at radius 3 is 3.23 bits per heavy atom. The molecule has 1 aliphatic heterocycles. The van der Waals surface area contributed by atoms with Gasteiger partial charge in [0.05, 0.1) is 22.2 Å². The number of nitrogens with zero attached hydrogens (tertiary/aromatic N) is 2. The molecule has 0 unspecified atom stereocenters. The molecule has 116 valence electrons. The number of carboxylic acids is 1. The number of rotatable bonds is 4. The van der Waals surface area contributed by atoms with Crippen LogP contribution < -0.4 is 0 Å². The summed E-state index contributed by atoms with van der Waals surface area (Å²) in [6, 6.07) is 4.11. The van der Waals surface area contributed by atoms with Crippen molar-refractivity contribution in [2.45, 2.75) is 25.8 Å². The van der Waals surface area contributed by atoms with Crippen molar-refractivity contribution in [2.75, 3.05) is 13.1 Å². The molecule has 22 heavy (non-hydrogen) atoms. The molecule has 1 aliphatic carbocycles. The van der Waals surface area contributed by atoms with Crippen LogP contribution in [0.3, 0.4) is 0 Å². The maximum Gasteiger partial charge on any atom is 0.311 e. The quantitative estimate of drug-likeness (QED) is 0.910. The molecular weight excluding hydrogens is 298 g/mol. The molecule has 2 aliphatic rings. The number of H-pyrrole nitrogens is 1. The van der Waals surface area contributed by atoms with Gasteiger partial charge in [0.25, 0.3) is 0 Å². The van der Waals surface area contributed by atoms with E-state index in [0.29, 0.717) is 12.5 Å². The highest BCUT2D eigenvalue weighted by Gasteiger charge is 2.54. The molecule has 0 bridgehead atoms. The predicted molar refractivity (Wildman–Crippen MR) is 84.6 cm³/mol. The predicted octanol–water partition coefficient (Wildman–Crippen LogP) is 2.82. The van der Waals surface area contributed by atoms with Gasteiger partial charge in [0.15, 0.2) is 0 Å². The second kappa shape index (κ2) is 5.21. The van der Waals surface area contributed by atoms with Gasteiger partial charge in [-0.05, 0) is 30.2 Å². The number of thiophene rings is 1. The van der Waals surface area contributed by atoms with E-state index in [1.54, 1.807) is 11.3 Å². The maximum absolute atomic E-state index is 11.8. The third kappa shape index (κ3) is 2.09. The average Bonchev–Trinajstić information content (AvgIpc) is 3.21. The highest BCUT2D eigenvalue weighted by Crippen LogP contribution is 2.49. The summed E-state index contributed by atoms with van der Waals surface area (Å²) in [6.07, 6.45) is 4.80. The summed E-state index contributed by atoms with van der Waals surface area (Å²) in [5.74, 6) is -0.301. The van der Waals surface area contributed by atoms with Gasteiger partial charge in [0, 0.05) is 25.2 Å². The third-order valence-corrected chi connectivity index (χ3v) is 6.13. The lowest BCUT2D eigenvalue weighted by atomic mass is 9.81. The summed E-state index contributed by atoms with van der Waals surface area (Å²) in [5.41, 5.74) is 1.71. The first-order valence-corrected chi connectivity index (χ1v) is 8.59. The smallest absolute Gasteiger partial charge is 0.311 e. The van der Waals surface area contributed by atoms with Crippen molar-refractivity contribution < 1.29 is 9.90 Å². The lowest BCUT2D eigenvalue weighted by molar-refractivity contribution is -0.149. The summed E-state index contributed by atoms with van der Waals surface area (Å²) in [6.45, 7) is 2.33. The van der Waals surface area contributed by atoms with Crippen molar-refractivity contribution in [2.24, 2.45) is 11.3 Å². The zero-order valence-corrected chi connectivity index (χ0v) is 13.1. The van der Waals surface area contributed by atoms with Gasteiger partial charge in [0.1, 0.15) is 0 Å². The van der Waals surface area contributed by atoms with Crippen LogP contribution in [0.1, 0.15) is 24.8 Å². The van der Waals surface area contributed by atoms with Crippen molar-refractivity contribution in [1.82, 2.24) is 15.1 Å². The van der Waals surface area contributed by atoms with Gasteiger partial charge in [-0.25, -0.2) is 0 Å². The van der Waals surface area contributed by atoms with Crippen molar-refractivity contribution in [3.63, 3.8) is 0 Å². The number of hydrogen-bond donors (Lipinski definition) is 2. The van der Waals surface area contributed by atoms with Crippen molar-refractivity contribution in [1.29, 1.82) is 0 Å². The van der Waals surface area contributed by atoms with Crippen LogP contribution in [-0.4, -0.2) is 39.3 Å². The van der Waals surface area contributed by atoms with Crippen LogP contribution in [-0.2, 0) is 11.3 Å². The van der Waals surface area contributed by atoms with E-state index >= 15 is 0 Å². The monoisotopic (exact) mass is 317 g/mol. The Hall–Kier alpha value is -1.66. The molecule has 4 rings (SSSR count). The molecule has 0 amide bonds. The zero-order valence-electron chi connectivity index (χ0n) is 12.3. The van der Waals surface area contributed by atoms with E-state index in [1.807, 2.05) is 12.3 Å². The second-order valence-electron chi connectivity index (χ2n) is 6.47. The molecule has 0 aromatic carbocycles. The Morgan fingerprint density at radius 2 is 2.50 bits per heavy atom. The van der Waals surface area contributed by atoms with Gasteiger partial charge in [-0.1, -0.05) is 12.5 Å². The van der Waals surface area contributed by atoms with Crippen LogP contribution in [0.25, 0.3) is 10.6 Å². The molecule has 2 fully saturated rings. The lowest BCUT2D eigenvalue weighted by Gasteiger charge is -2.23. The minimum absolute atomic E-state index is 0.307.